The molecular formula is C13H19NO4. The fraction of sp³-hybridized carbons (Fsp3) is 0.692. The second kappa shape index (κ2) is 5.52. The zero-order valence-electron chi connectivity index (χ0n) is 10.5. The van der Waals surface area contributed by atoms with Crippen molar-refractivity contribution >= 4 is 11.9 Å². The lowest BCUT2D eigenvalue weighted by Crippen LogP contribution is -2.42. The third-order valence-corrected chi connectivity index (χ3v) is 3.57. The monoisotopic (exact) mass is 253 g/mol. The van der Waals surface area contributed by atoms with Gasteiger partial charge in [0.1, 0.15) is 5.92 Å². The molecule has 2 N–H and O–H groups in total. The van der Waals surface area contributed by atoms with Gasteiger partial charge in [0, 0.05) is 6.54 Å². The largest absolute Gasteiger partial charge is 0.481 e. The molecule has 1 amide bonds. The number of carbonyl (C=O) groups excluding carboxylic acids is 1. The van der Waals surface area contributed by atoms with Crippen LogP contribution in [0.5, 0.6) is 0 Å². The summed E-state index contributed by atoms with van der Waals surface area (Å²) in [5, 5.41) is 12.0. The summed E-state index contributed by atoms with van der Waals surface area (Å²) in [6.45, 7) is 2.70. The molecule has 4 atom stereocenters. The molecular weight excluding hydrogens is 234 g/mol. The third kappa shape index (κ3) is 2.41. The smallest absolute Gasteiger partial charge is 0.310 e. The van der Waals surface area contributed by atoms with Crippen molar-refractivity contribution in [3.05, 3.63) is 12.2 Å². The molecule has 0 aromatic carbocycles. The van der Waals surface area contributed by atoms with Crippen LogP contribution in [0.4, 0.5) is 0 Å². The molecule has 0 spiro atoms. The maximum Gasteiger partial charge on any atom is 0.310 e. The van der Waals surface area contributed by atoms with Gasteiger partial charge in [0.15, 0.2) is 0 Å². The van der Waals surface area contributed by atoms with E-state index in [-0.39, 0.29) is 12.0 Å². The number of ether oxygens (including phenoxy) is 1. The van der Waals surface area contributed by atoms with Gasteiger partial charge in [-0.3, -0.25) is 9.59 Å². The van der Waals surface area contributed by atoms with Crippen LogP contribution in [0.25, 0.3) is 0 Å². The van der Waals surface area contributed by atoms with Crippen molar-refractivity contribution in [3.63, 3.8) is 0 Å². The van der Waals surface area contributed by atoms with E-state index in [1.165, 1.54) is 0 Å². The molecule has 18 heavy (non-hydrogen) atoms. The van der Waals surface area contributed by atoms with Gasteiger partial charge in [-0.1, -0.05) is 31.9 Å². The van der Waals surface area contributed by atoms with Gasteiger partial charge >= 0.3 is 5.97 Å². The van der Waals surface area contributed by atoms with Gasteiger partial charge in [-0.05, 0) is 6.42 Å². The van der Waals surface area contributed by atoms with Crippen molar-refractivity contribution in [3.8, 4) is 0 Å². The number of rotatable bonds is 6. The van der Waals surface area contributed by atoms with Crippen LogP contribution in [0, 0.1) is 11.8 Å². The van der Waals surface area contributed by atoms with Crippen molar-refractivity contribution < 1.29 is 19.4 Å². The molecule has 2 aliphatic heterocycles. The molecule has 2 aliphatic rings. The van der Waals surface area contributed by atoms with Gasteiger partial charge < -0.3 is 15.2 Å². The van der Waals surface area contributed by atoms with Crippen molar-refractivity contribution in [2.45, 2.75) is 38.4 Å². The van der Waals surface area contributed by atoms with E-state index in [0.29, 0.717) is 6.54 Å². The van der Waals surface area contributed by atoms with Gasteiger partial charge in [-0.2, -0.15) is 0 Å². The van der Waals surface area contributed by atoms with Gasteiger partial charge in [0.25, 0.3) is 0 Å². The number of hydrogen-bond acceptors (Lipinski definition) is 3. The third-order valence-electron chi connectivity index (χ3n) is 3.57. The number of carboxylic acid groups (broad SMARTS) is 1. The summed E-state index contributed by atoms with van der Waals surface area (Å²) < 4.78 is 5.45. The molecule has 2 bridgehead atoms. The minimum atomic E-state index is -0.958. The Morgan fingerprint density at radius 2 is 1.89 bits per heavy atom. The highest BCUT2D eigenvalue weighted by atomic mass is 16.5. The second-order valence-electron chi connectivity index (χ2n) is 4.84. The topological polar surface area (TPSA) is 75.6 Å². The number of hydrogen-bond donors (Lipinski definition) is 2. The molecule has 0 aliphatic carbocycles. The van der Waals surface area contributed by atoms with Gasteiger partial charge in [0.2, 0.25) is 5.91 Å². The molecule has 0 saturated carbocycles. The first-order chi connectivity index (χ1) is 8.65. The lowest BCUT2D eigenvalue weighted by Gasteiger charge is -2.20. The predicted molar refractivity (Wildman–Crippen MR) is 65.0 cm³/mol. The zero-order valence-corrected chi connectivity index (χ0v) is 10.5. The summed E-state index contributed by atoms with van der Waals surface area (Å²) in [6.07, 6.45) is 5.80. The molecule has 2 heterocycles. The van der Waals surface area contributed by atoms with E-state index in [0.717, 1.165) is 19.3 Å². The Bertz CT molecular complexity index is 366. The summed E-state index contributed by atoms with van der Waals surface area (Å²) in [5.41, 5.74) is 0. The summed E-state index contributed by atoms with van der Waals surface area (Å²) >= 11 is 0. The van der Waals surface area contributed by atoms with E-state index in [4.69, 9.17) is 4.74 Å². The van der Waals surface area contributed by atoms with Crippen LogP contribution >= 0.6 is 0 Å². The van der Waals surface area contributed by atoms with Crippen molar-refractivity contribution in [1.82, 2.24) is 5.32 Å². The molecule has 0 aromatic rings. The Kier molecular flexibility index (Phi) is 4.01. The number of nitrogens with one attached hydrogen (secondary N) is 1. The highest BCUT2D eigenvalue weighted by molar-refractivity contribution is 5.87. The van der Waals surface area contributed by atoms with Crippen LogP contribution in [-0.4, -0.2) is 35.7 Å². The van der Waals surface area contributed by atoms with Gasteiger partial charge in [-0.25, -0.2) is 0 Å². The quantitative estimate of drug-likeness (QED) is 0.546. The van der Waals surface area contributed by atoms with Gasteiger partial charge in [-0.15, -0.1) is 0 Å². The maximum atomic E-state index is 12.0. The van der Waals surface area contributed by atoms with E-state index in [1.54, 1.807) is 12.2 Å². The van der Waals surface area contributed by atoms with E-state index >= 15 is 0 Å². The van der Waals surface area contributed by atoms with E-state index < -0.39 is 23.9 Å². The molecule has 2 rings (SSSR count). The van der Waals surface area contributed by atoms with Gasteiger partial charge in [0.05, 0.1) is 18.1 Å². The summed E-state index contributed by atoms with van der Waals surface area (Å²) in [7, 11) is 0. The first-order valence-corrected chi connectivity index (χ1v) is 6.49. The Labute approximate surface area is 106 Å². The predicted octanol–water partition coefficient (Wildman–Crippen LogP) is 0.947. The number of aliphatic carboxylic acids is 1. The molecule has 0 unspecified atom stereocenters. The highest BCUT2D eigenvalue weighted by Gasteiger charge is 2.52. The molecule has 1 saturated heterocycles. The Morgan fingerprint density at radius 3 is 2.50 bits per heavy atom. The van der Waals surface area contributed by atoms with Crippen molar-refractivity contribution in [1.29, 1.82) is 0 Å². The summed E-state index contributed by atoms with van der Waals surface area (Å²) in [6, 6.07) is 0. The highest BCUT2D eigenvalue weighted by Crippen LogP contribution is 2.39. The van der Waals surface area contributed by atoms with E-state index in [2.05, 4.69) is 12.2 Å². The minimum absolute atomic E-state index is 0.199. The van der Waals surface area contributed by atoms with Crippen LogP contribution in [0.15, 0.2) is 12.2 Å². The minimum Gasteiger partial charge on any atom is -0.481 e. The van der Waals surface area contributed by atoms with Crippen LogP contribution in [0.3, 0.4) is 0 Å². The Hall–Kier alpha value is -1.36. The average Bonchev–Trinajstić information content (AvgIpc) is 2.94. The molecule has 0 aromatic heterocycles. The molecule has 1 fully saturated rings. The number of carboxylic acids is 1. The number of fused-ring (bicyclic) bond motifs is 2. The van der Waals surface area contributed by atoms with Crippen molar-refractivity contribution in [2.75, 3.05) is 6.54 Å². The summed E-state index contributed by atoms with van der Waals surface area (Å²) in [4.78, 5) is 23.2. The summed E-state index contributed by atoms with van der Waals surface area (Å²) in [5.74, 6) is -2.48. The van der Waals surface area contributed by atoms with E-state index in [1.807, 2.05) is 0 Å². The van der Waals surface area contributed by atoms with Crippen LogP contribution in [-0.2, 0) is 14.3 Å². The molecule has 0 radical (unpaired) electrons. The molecule has 5 heteroatoms. The van der Waals surface area contributed by atoms with Crippen LogP contribution in [0.2, 0.25) is 0 Å². The second-order valence-corrected chi connectivity index (χ2v) is 4.84. The first kappa shape index (κ1) is 13.1. The normalized spacial score (nSPS) is 32.7. The number of unbranched alkanes of at least 4 members (excludes halogenated alkanes) is 2. The fourth-order valence-electron chi connectivity index (χ4n) is 2.62. The standard InChI is InChI=1S/C13H19NO4/c1-2-3-4-7-14-12(15)10-8-5-6-9(18-8)11(10)13(16)17/h5-6,8-11H,2-4,7H2,1H3,(H,14,15)(H,16,17)/t8-,9-,10-,11+/m1/s1. The van der Waals surface area contributed by atoms with Crippen LogP contribution < -0.4 is 5.32 Å². The Balaban J connectivity index is 1.92. The molecule has 100 valence electrons. The van der Waals surface area contributed by atoms with Crippen LogP contribution in [0.1, 0.15) is 26.2 Å². The lowest BCUT2D eigenvalue weighted by atomic mass is 9.82. The Morgan fingerprint density at radius 1 is 1.22 bits per heavy atom. The van der Waals surface area contributed by atoms with E-state index in [9.17, 15) is 14.7 Å². The first-order valence-electron chi connectivity index (χ1n) is 6.49. The lowest BCUT2D eigenvalue weighted by molar-refractivity contribution is -0.146. The number of carbonyl (C=O) groups is 2. The SMILES string of the molecule is CCCCCNC(=O)[C@H]1[C@@H](C(=O)O)[C@H]2C=C[C@H]1O2. The maximum absolute atomic E-state index is 12.0. The molecule has 5 nitrogen and oxygen atoms in total. The van der Waals surface area contributed by atoms with Crippen molar-refractivity contribution in [2.24, 2.45) is 11.8 Å². The average molecular weight is 253 g/mol. The number of amides is 1. The fourth-order valence-corrected chi connectivity index (χ4v) is 2.62. The zero-order chi connectivity index (χ0) is 13.1.